The summed E-state index contributed by atoms with van der Waals surface area (Å²) >= 11 is 0. The number of amides is 1. The number of hydrogen-bond donors (Lipinski definition) is 0. The lowest BCUT2D eigenvalue weighted by atomic mass is 9.94. The van der Waals surface area contributed by atoms with E-state index in [1.807, 2.05) is 30.3 Å². The molecule has 0 aromatic heterocycles. The molecule has 1 saturated heterocycles. The van der Waals surface area contributed by atoms with Crippen LogP contribution in [0.2, 0.25) is 0 Å². The van der Waals surface area contributed by atoms with Gasteiger partial charge in [-0.2, -0.15) is 4.31 Å². The fraction of sp³-hybridized carbons (Fsp3) is 0.480. The molecule has 2 unspecified atom stereocenters. The van der Waals surface area contributed by atoms with Crippen molar-refractivity contribution in [3.05, 3.63) is 54.1 Å². The molecule has 1 aliphatic rings. The van der Waals surface area contributed by atoms with Crippen molar-refractivity contribution in [3.8, 4) is 11.5 Å². The van der Waals surface area contributed by atoms with Gasteiger partial charge in [-0.1, -0.05) is 32.0 Å². The maximum Gasteiger partial charge on any atom is 0.253 e. The number of sulfonamides is 1. The first-order valence-electron chi connectivity index (χ1n) is 11.3. The zero-order chi connectivity index (χ0) is 24.0. The second-order valence-electron chi connectivity index (χ2n) is 8.88. The van der Waals surface area contributed by atoms with Gasteiger partial charge in [-0.05, 0) is 55.0 Å². The molecule has 2 aromatic carbocycles. The summed E-state index contributed by atoms with van der Waals surface area (Å²) in [4.78, 5) is 14.6. The van der Waals surface area contributed by atoms with Crippen molar-refractivity contribution in [2.45, 2.75) is 31.6 Å². The van der Waals surface area contributed by atoms with Crippen LogP contribution in [0.4, 0.5) is 0 Å². The fourth-order valence-electron chi connectivity index (χ4n) is 4.28. The van der Waals surface area contributed by atoms with E-state index in [4.69, 9.17) is 9.47 Å². The number of carbonyl (C=O) groups excluding carboxylic acids is 1. The zero-order valence-corrected chi connectivity index (χ0v) is 20.7. The summed E-state index contributed by atoms with van der Waals surface area (Å²) in [5.41, 5.74) is 0.318. The number of piperidine rings is 1. The SMILES string of the molecule is COc1ccc(C(=O)N(C)CCCOc2ccccc2)cc1S(=O)(=O)N1CC(C)CC(C)C1. The molecule has 180 valence electrons. The van der Waals surface area contributed by atoms with Crippen LogP contribution < -0.4 is 9.47 Å². The second-order valence-corrected chi connectivity index (χ2v) is 10.8. The highest BCUT2D eigenvalue weighted by atomic mass is 32.2. The van der Waals surface area contributed by atoms with Gasteiger partial charge in [0.2, 0.25) is 10.0 Å². The van der Waals surface area contributed by atoms with Gasteiger partial charge in [0.05, 0.1) is 13.7 Å². The van der Waals surface area contributed by atoms with Crippen molar-refractivity contribution >= 4 is 15.9 Å². The first kappa shape index (κ1) is 25.1. The number of nitrogens with zero attached hydrogens (tertiary/aromatic N) is 2. The number of hydrogen-bond acceptors (Lipinski definition) is 5. The third-order valence-corrected chi connectivity index (χ3v) is 7.71. The lowest BCUT2D eigenvalue weighted by Crippen LogP contribution is -2.42. The lowest BCUT2D eigenvalue weighted by molar-refractivity contribution is 0.0787. The molecule has 7 nitrogen and oxygen atoms in total. The van der Waals surface area contributed by atoms with Gasteiger partial charge >= 0.3 is 0 Å². The molecule has 0 N–H and O–H groups in total. The van der Waals surface area contributed by atoms with Gasteiger partial charge in [-0.3, -0.25) is 4.79 Å². The van der Waals surface area contributed by atoms with Crippen molar-refractivity contribution < 1.29 is 22.7 Å². The van der Waals surface area contributed by atoms with Crippen LogP contribution in [0.5, 0.6) is 11.5 Å². The largest absolute Gasteiger partial charge is 0.495 e. The summed E-state index contributed by atoms with van der Waals surface area (Å²) < 4.78 is 39.4. The molecule has 8 heteroatoms. The number of para-hydroxylation sites is 1. The first-order chi connectivity index (χ1) is 15.7. The van der Waals surface area contributed by atoms with Crippen LogP contribution in [0.25, 0.3) is 0 Å². The Morgan fingerprint density at radius 2 is 1.76 bits per heavy atom. The summed E-state index contributed by atoms with van der Waals surface area (Å²) in [5.74, 6) is 1.36. The Balaban J connectivity index is 1.70. The van der Waals surface area contributed by atoms with Crippen LogP contribution in [0.15, 0.2) is 53.4 Å². The fourth-order valence-corrected chi connectivity index (χ4v) is 6.14. The predicted molar refractivity (Wildman–Crippen MR) is 128 cm³/mol. The van der Waals surface area contributed by atoms with E-state index in [0.29, 0.717) is 38.2 Å². The predicted octanol–water partition coefficient (Wildman–Crippen LogP) is 3.90. The number of ether oxygens (including phenoxy) is 2. The van der Waals surface area contributed by atoms with Crippen LogP contribution in [0.1, 0.15) is 37.0 Å². The number of benzene rings is 2. The van der Waals surface area contributed by atoms with E-state index in [0.717, 1.165) is 12.2 Å². The lowest BCUT2D eigenvalue weighted by Gasteiger charge is -2.34. The highest BCUT2D eigenvalue weighted by molar-refractivity contribution is 7.89. The van der Waals surface area contributed by atoms with E-state index in [1.54, 1.807) is 24.1 Å². The van der Waals surface area contributed by atoms with Crippen LogP contribution in [-0.4, -0.2) is 63.9 Å². The Morgan fingerprint density at radius 3 is 2.39 bits per heavy atom. The van der Waals surface area contributed by atoms with Crippen molar-refractivity contribution in [3.63, 3.8) is 0 Å². The molecule has 1 fully saturated rings. The molecule has 3 rings (SSSR count). The molecule has 1 amide bonds. The summed E-state index contributed by atoms with van der Waals surface area (Å²) in [6.07, 6.45) is 1.66. The van der Waals surface area contributed by atoms with E-state index in [-0.39, 0.29) is 28.4 Å². The van der Waals surface area contributed by atoms with Gasteiger partial charge in [-0.15, -0.1) is 0 Å². The quantitative estimate of drug-likeness (QED) is 0.515. The summed E-state index contributed by atoms with van der Waals surface area (Å²) in [7, 11) is -0.640. The summed E-state index contributed by atoms with van der Waals surface area (Å²) in [5, 5.41) is 0. The van der Waals surface area contributed by atoms with Gasteiger partial charge in [0.25, 0.3) is 5.91 Å². The number of methoxy groups -OCH3 is 1. The van der Waals surface area contributed by atoms with E-state index in [9.17, 15) is 13.2 Å². The van der Waals surface area contributed by atoms with Crippen LogP contribution >= 0.6 is 0 Å². The Morgan fingerprint density at radius 1 is 1.09 bits per heavy atom. The minimum absolute atomic E-state index is 0.0398. The monoisotopic (exact) mass is 474 g/mol. The molecular weight excluding hydrogens is 440 g/mol. The highest BCUT2D eigenvalue weighted by Crippen LogP contribution is 2.32. The molecule has 0 saturated carbocycles. The Bertz CT molecular complexity index is 1030. The molecule has 33 heavy (non-hydrogen) atoms. The first-order valence-corrected chi connectivity index (χ1v) is 12.8. The van der Waals surface area contributed by atoms with E-state index in [2.05, 4.69) is 13.8 Å². The number of carbonyl (C=O) groups is 1. The van der Waals surface area contributed by atoms with Crippen molar-refractivity contribution in [1.82, 2.24) is 9.21 Å². The average molecular weight is 475 g/mol. The molecule has 0 aliphatic carbocycles. The molecule has 1 aliphatic heterocycles. The van der Waals surface area contributed by atoms with Crippen molar-refractivity contribution in [2.24, 2.45) is 11.8 Å². The topological polar surface area (TPSA) is 76.1 Å². The van der Waals surface area contributed by atoms with Crippen LogP contribution in [-0.2, 0) is 10.0 Å². The smallest absolute Gasteiger partial charge is 0.253 e. The normalized spacial score (nSPS) is 19.2. The van der Waals surface area contributed by atoms with Gasteiger partial charge in [0, 0.05) is 32.2 Å². The van der Waals surface area contributed by atoms with Gasteiger partial charge < -0.3 is 14.4 Å². The Labute approximate surface area is 197 Å². The van der Waals surface area contributed by atoms with Crippen molar-refractivity contribution in [1.29, 1.82) is 0 Å². The zero-order valence-electron chi connectivity index (χ0n) is 19.9. The molecule has 0 spiro atoms. The molecule has 0 radical (unpaired) electrons. The van der Waals surface area contributed by atoms with Crippen LogP contribution in [0, 0.1) is 11.8 Å². The highest BCUT2D eigenvalue weighted by Gasteiger charge is 2.34. The number of rotatable bonds is 9. The maximum absolute atomic E-state index is 13.5. The summed E-state index contributed by atoms with van der Waals surface area (Å²) in [6.45, 7) is 6.03. The molecule has 2 aromatic rings. The Hall–Kier alpha value is -2.58. The molecule has 1 heterocycles. The third-order valence-electron chi connectivity index (χ3n) is 5.86. The van der Waals surface area contributed by atoms with Crippen molar-refractivity contribution in [2.75, 3.05) is 40.4 Å². The van der Waals surface area contributed by atoms with Crippen LogP contribution in [0.3, 0.4) is 0 Å². The molecule has 2 atom stereocenters. The minimum Gasteiger partial charge on any atom is -0.495 e. The van der Waals surface area contributed by atoms with Gasteiger partial charge in [-0.25, -0.2) is 8.42 Å². The standard InChI is InChI=1S/C25H34N2O5S/c1-19-15-20(2)18-27(17-19)33(29,30)24-16-21(11-12-23(24)31-4)25(28)26(3)13-8-14-32-22-9-6-5-7-10-22/h5-7,9-12,16,19-20H,8,13-15,17-18H2,1-4H3. The second kappa shape index (κ2) is 11.0. The van der Waals surface area contributed by atoms with Gasteiger partial charge in [0.15, 0.2) is 0 Å². The van der Waals surface area contributed by atoms with E-state index < -0.39 is 10.0 Å². The van der Waals surface area contributed by atoms with E-state index >= 15 is 0 Å². The molecular formula is C25H34N2O5S. The Kier molecular flexibility index (Phi) is 8.37. The van der Waals surface area contributed by atoms with E-state index in [1.165, 1.54) is 17.5 Å². The average Bonchev–Trinajstić information content (AvgIpc) is 2.80. The van der Waals surface area contributed by atoms with Gasteiger partial charge in [0.1, 0.15) is 16.4 Å². The third kappa shape index (κ3) is 6.26. The minimum atomic E-state index is -3.79. The molecule has 0 bridgehead atoms. The maximum atomic E-state index is 13.5. The summed E-state index contributed by atoms with van der Waals surface area (Å²) in [6, 6.07) is 14.1.